The van der Waals surface area contributed by atoms with Crippen LogP contribution in [-0.4, -0.2) is 69.7 Å². The van der Waals surface area contributed by atoms with Crippen LogP contribution in [0.1, 0.15) is 36.0 Å². The highest BCUT2D eigenvalue weighted by Gasteiger charge is 2.73. The summed E-state index contributed by atoms with van der Waals surface area (Å²) in [5.74, 6) is -4.36. The third-order valence-electron chi connectivity index (χ3n) is 9.36. The third kappa shape index (κ3) is 6.54. The number of hydrogen-bond donors (Lipinski definition) is 0. The Balaban J connectivity index is 1.58. The average molecular weight is 723 g/mol. The Kier molecular flexibility index (Phi) is 9.91. The molecule has 5 rings (SSSR count). The van der Waals surface area contributed by atoms with Gasteiger partial charge in [-0.3, -0.25) is 4.79 Å². The van der Waals surface area contributed by atoms with Crippen LogP contribution in [0, 0.1) is 23.4 Å². The SMILES string of the molecule is CN1CCC(C(=O)N2CC[C@](c3ccc(C(OCc4c(F)cccc4F)(C(F)(F)F)C(F)(F)F)cc3)(S(=O)(=O)c3ccc(F)cc3)C2)CC1. The summed E-state index contributed by atoms with van der Waals surface area (Å²) in [6.45, 7) is -1.06. The lowest BCUT2D eigenvalue weighted by Crippen LogP contribution is -2.56. The van der Waals surface area contributed by atoms with E-state index in [1.807, 2.05) is 11.9 Å². The zero-order valence-corrected chi connectivity index (χ0v) is 26.7. The zero-order valence-electron chi connectivity index (χ0n) is 25.9. The van der Waals surface area contributed by atoms with Crippen LogP contribution in [0.2, 0.25) is 0 Å². The van der Waals surface area contributed by atoms with Crippen LogP contribution >= 0.6 is 0 Å². The number of likely N-dealkylation sites (tertiary alicyclic amines) is 2. The van der Waals surface area contributed by atoms with Crippen molar-refractivity contribution in [3.05, 3.63) is 101 Å². The molecular formula is C33H31F9N2O4S. The molecule has 0 bridgehead atoms. The van der Waals surface area contributed by atoms with E-state index in [0.717, 1.165) is 42.5 Å². The second-order valence-corrected chi connectivity index (χ2v) is 14.5. The Hall–Kier alpha value is -3.63. The maximum atomic E-state index is 14.5. The fourth-order valence-corrected chi connectivity index (χ4v) is 8.61. The molecule has 2 fully saturated rings. The summed E-state index contributed by atoms with van der Waals surface area (Å²) in [6.07, 6.45) is -11.7. The van der Waals surface area contributed by atoms with Crippen molar-refractivity contribution in [1.29, 1.82) is 0 Å². The molecule has 266 valence electrons. The van der Waals surface area contributed by atoms with Crippen LogP contribution < -0.4 is 0 Å². The van der Waals surface area contributed by atoms with Gasteiger partial charge in [0.05, 0.1) is 11.5 Å². The van der Waals surface area contributed by atoms with Crippen LogP contribution in [0.4, 0.5) is 39.5 Å². The molecule has 6 nitrogen and oxygen atoms in total. The molecule has 2 aliphatic heterocycles. The highest BCUT2D eigenvalue weighted by molar-refractivity contribution is 7.92. The molecule has 0 saturated carbocycles. The Morgan fingerprint density at radius 2 is 1.39 bits per heavy atom. The molecule has 2 heterocycles. The Morgan fingerprint density at radius 3 is 1.92 bits per heavy atom. The molecule has 1 atom stereocenters. The van der Waals surface area contributed by atoms with E-state index in [-0.39, 0.29) is 29.3 Å². The average Bonchev–Trinajstić information content (AvgIpc) is 3.49. The number of rotatable bonds is 8. The number of alkyl halides is 6. The minimum atomic E-state index is -6.21. The van der Waals surface area contributed by atoms with E-state index >= 15 is 0 Å². The van der Waals surface area contributed by atoms with Gasteiger partial charge in [-0.15, -0.1) is 0 Å². The molecule has 0 N–H and O–H groups in total. The summed E-state index contributed by atoms with van der Waals surface area (Å²) in [4.78, 5) is 16.5. The summed E-state index contributed by atoms with van der Waals surface area (Å²) in [5.41, 5.74) is -8.00. The predicted octanol–water partition coefficient (Wildman–Crippen LogP) is 6.88. The first-order valence-corrected chi connectivity index (χ1v) is 16.6. The van der Waals surface area contributed by atoms with Gasteiger partial charge in [0.15, 0.2) is 9.84 Å². The van der Waals surface area contributed by atoms with Crippen molar-refractivity contribution in [2.45, 2.75) is 53.5 Å². The highest BCUT2D eigenvalue weighted by atomic mass is 32.2. The Morgan fingerprint density at radius 1 is 0.837 bits per heavy atom. The molecule has 16 heteroatoms. The molecule has 3 aromatic carbocycles. The van der Waals surface area contributed by atoms with Gasteiger partial charge in [-0.1, -0.05) is 30.3 Å². The molecule has 2 saturated heterocycles. The maximum Gasteiger partial charge on any atom is 0.430 e. The number of hydrogen-bond acceptors (Lipinski definition) is 5. The lowest BCUT2D eigenvalue weighted by atomic mass is 9.88. The maximum absolute atomic E-state index is 14.5. The first-order chi connectivity index (χ1) is 22.8. The first-order valence-electron chi connectivity index (χ1n) is 15.1. The number of nitrogens with zero attached hydrogens (tertiary/aromatic N) is 2. The van der Waals surface area contributed by atoms with Gasteiger partial charge in [0.1, 0.15) is 22.2 Å². The quantitative estimate of drug-likeness (QED) is 0.188. The van der Waals surface area contributed by atoms with Crippen molar-refractivity contribution in [2.75, 3.05) is 33.2 Å². The fraction of sp³-hybridized carbons (Fsp3) is 0.424. The number of sulfone groups is 1. The molecule has 1 amide bonds. The summed E-state index contributed by atoms with van der Waals surface area (Å²) in [6, 6.07) is 8.24. The number of halogens is 9. The molecular weight excluding hydrogens is 691 g/mol. The van der Waals surface area contributed by atoms with Crippen molar-refractivity contribution in [1.82, 2.24) is 9.80 Å². The van der Waals surface area contributed by atoms with E-state index in [1.54, 1.807) is 0 Å². The van der Waals surface area contributed by atoms with E-state index in [0.29, 0.717) is 50.2 Å². The number of carbonyl (C=O) groups is 1. The molecule has 0 unspecified atom stereocenters. The Bertz CT molecular complexity index is 1740. The second kappa shape index (κ2) is 13.2. The van der Waals surface area contributed by atoms with Crippen LogP contribution in [0.5, 0.6) is 0 Å². The van der Waals surface area contributed by atoms with Gasteiger partial charge in [-0.25, -0.2) is 21.6 Å². The van der Waals surface area contributed by atoms with Gasteiger partial charge in [0.2, 0.25) is 5.91 Å². The molecule has 49 heavy (non-hydrogen) atoms. The smallest absolute Gasteiger partial charge is 0.349 e. The number of carbonyl (C=O) groups excluding carboxylic acids is 1. The van der Waals surface area contributed by atoms with E-state index < -0.39 is 80.2 Å². The van der Waals surface area contributed by atoms with Crippen molar-refractivity contribution in [2.24, 2.45) is 5.92 Å². The van der Waals surface area contributed by atoms with Gasteiger partial charge >= 0.3 is 12.4 Å². The summed E-state index contributed by atoms with van der Waals surface area (Å²) >= 11 is 0. The third-order valence-corrected chi connectivity index (χ3v) is 11.9. The zero-order chi connectivity index (χ0) is 36.0. The summed E-state index contributed by atoms with van der Waals surface area (Å²) in [7, 11) is -2.68. The summed E-state index contributed by atoms with van der Waals surface area (Å²) in [5, 5.41) is 0. The van der Waals surface area contributed by atoms with Crippen LogP contribution in [-0.2, 0) is 36.3 Å². The van der Waals surface area contributed by atoms with E-state index in [1.165, 1.54) is 4.90 Å². The molecule has 2 aliphatic rings. The second-order valence-electron chi connectivity index (χ2n) is 12.3. The fourth-order valence-electron chi connectivity index (χ4n) is 6.53. The van der Waals surface area contributed by atoms with Gasteiger partial charge in [0, 0.05) is 30.1 Å². The predicted molar refractivity (Wildman–Crippen MR) is 158 cm³/mol. The lowest BCUT2D eigenvalue weighted by Gasteiger charge is -2.38. The van der Waals surface area contributed by atoms with Crippen molar-refractivity contribution >= 4 is 15.7 Å². The van der Waals surface area contributed by atoms with Crippen molar-refractivity contribution < 1.29 is 57.5 Å². The molecule has 0 radical (unpaired) electrons. The van der Waals surface area contributed by atoms with Gasteiger partial charge in [0.25, 0.3) is 5.60 Å². The van der Waals surface area contributed by atoms with E-state index in [9.17, 15) is 52.7 Å². The number of ether oxygens (including phenoxy) is 1. The summed E-state index contributed by atoms with van der Waals surface area (Å²) < 4.78 is 160. The van der Waals surface area contributed by atoms with E-state index in [4.69, 9.17) is 0 Å². The van der Waals surface area contributed by atoms with Crippen LogP contribution in [0.25, 0.3) is 0 Å². The first kappa shape index (κ1) is 36.6. The number of amides is 1. The highest BCUT2D eigenvalue weighted by Crippen LogP contribution is 2.54. The van der Waals surface area contributed by atoms with Gasteiger partial charge in [-0.2, -0.15) is 26.3 Å². The molecule has 0 aromatic heterocycles. The minimum absolute atomic E-state index is 0.0836. The molecule has 0 aliphatic carbocycles. The topological polar surface area (TPSA) is 66.9 Å². The largest absolute Gasteiger partial charge is 0.430 e. The standard InChI is InChI=1S/C33H31F9N2O4S/c1-43-16-13-21(14-17-43)29(45)44-18-15-30(20-44,49(46,47)25-11-9-24(34)10-12-25)22-5-7-23(8-6-22)31(32(37,38)39,33(40,41)42)48-19-26-27(35)3-2-4-28(26)36/h2-12,21H,13-20H2,1H3/t30-/m0/s1. The Labute approximate surface area is 276 Å². The van der Waals surface area contributed by atoms with Crippen LogP contribution in [0.3, 0.4) is 0 Å². The number of benzene rings is 3. The lowest BCUT2D eigenvalue weighted by molar-refractivity contribution is -0.392. The molecule has 3 aromatic rings. The normalized spacial score (nSPS) is 20.2. The van der Waals surface area contributed by atoms with Gasteiger partial charge in [-0.05, 0) is 81.4 Å². The van der Waals surface area contributed by atoms with Gasteiger partial charge < -0.3 is 14.5 Å². The monoisotopic (exact) mass is 722 g/mol. The van der Waals surface area contributed by atoms with Crippen molar-refractivity contribution in [3.8, 4) is 0 Å². The minimum Gasteiger partial charge on any atom is -0.349 e. The van der Waals surface area contributed by atoms with Crippen molar-refractivity contribution in [3.63, 3.8) is 0 Å². The van der Waals surface area contributed by atoms with Crippen LogP contribution in [0.15, 0.2) is 71.6 Å². The van der Waals surface area contributed by atoms with E-state index in [2.05, 4.69) is 4.74 Å². The number of piperidine rings is 1. The molecule has 0 spiro atoms.